The van der Waals surface area contributed by atoms with Crippen LogP contribution >= 0.6 is 0 Å². The second-order valence-electron chi connectivity index (χ2n) is 3.16. The quantitative estimate of drug-likeness (QED) is 0.766. The van der Waals surface area contributed by atoms with Crippen LogP contribution in [0, 0.1) is 12.3 Å². The highest BCUT2D eigenvalue weighted by molar-refractivity contribution is 7.89. The van der Waals surface area contributed by atoms with Crippen molar-refractivity contribution in [3.05, 3.63) is 23.9 Å². The van der Waals surface area contributed by atoms with Gasteiger partial charge in [-0.25, -0.2) is 18.2 Å². The molecule has 0 saturated carbocycles. The van der Waals surface area contributed by atoms with Gasteiger partial charge in [0.1, 0.15) is 0 Å². The van der Waals surface area contributed by atoms with Gasteiger partial charge in [-0.05, 0) is 12.1 Å². The Balaban J connectivity index is 3.09. The van der Waals surface area contributed by atoms with E-state index in [1.165, 1.54) is 13.1 Å². The molecule has 1 rings (SSSR count). The minimum atomic E-state index is -3.76. The topological polar surface area (TPSA) is 87.6 Å². The molecule has 0 fully saturated rings. The number of carboxylic acid groups (broad SMARTS) is 1. The Morgan fingerprint density at radius 1 is 1.59 bits per heavy atom. The first-order valence-electron chi connectivity index (χ1n) is 4.48. The van der Waals surface area contributed by atoms with Crippen LogP contribution in [0.25, 0.3) is 0 Å². The predicted molar refractivity (Wildman–Crippen MR) is 59.8 cm³/mol. The molecule has 0 aromatic carbocycles. The standard InChI is InChI=1S/C10H10N2O4S/c1-3-6-12(2)17(15,16)9-5-4-8(7-11-9)10(13)14/h1,4-5,7H,6H2,2H3,(H,13,14). The molecule has 0 unspecified atom stereocenters. The summed E-state index contributed by atoms with van der Waals surface area (Å²) in [5.41, 5.74) is -0.0800. The molecular formula is C10H10N2O4S. The Labute approximate surface area is 99.0 Å². The van der Waals surface area contributed by atoms with E-state index in [2.05, 4.69) is 10.9 Å². The number of aromatic nitrogens is 1. The highest BCUT2D eigenvalue weighted by atomic mass is 32.2. The lowest BCUT2D eigenvalue weighted by molar-refractivity contribution is 0.0696. The number of nitrogens with zero attached hydrogens (tertiary/aromatic N) is 2. The number of sulfonamides is 1. The van der Waals surface area contributed by atoms with Gasteiger partial charge >= 0.3 is 5.97 Å². The largest absolute Gasteiger partial charge is 0.478 e. The lowest BCUT2D eigenvalue weighted by Gasteiger charge is -2.13. The van der Waals surface area contributed by atoms with Crippen LogP contribution in [0.3, 0.4) is 0 Å². The second-order valence-corrected chi connectivity index (χ2v) is 5.15. The fourth-order valence-electron chi connectivity index (χ4n) is 1.03. The number of hydrogen-bond acceptors (Lipinski definition) is 4. The minimum Gasteiger partial charge on any atom is -0.478 e. The minimum absolute atomic E-state index is 0.0787. The summed E-state index contributed by atoms with van der Waals surface area (Å²) in [6.45, 7) is -0.0787. The van der Waals surface area contributed by atoms with Crippen molar-refractivity contribution in [2.75, 3.05) is 13.6 Å². The Morgan fingerprint density at radius 2 is 2.24 bits per heavy atom. The smallest absolute Gasteiger partial charge is 0.337 e. The third kappa shape index (κ3) is 2.81. The maximum atomic E-state index is 11.8. The maximum absolute atomic E-state index is 11.8. The summed E-state index contributed by atoms with van der Waals surface area (Å²) in [6, 6.07) is 2.30. The number of carboxylic acids is 1. The molecule has 6 nitrogen and oxygen atoms in total. The summed E-state index contributed by atoms with van der Waals surface area (Å²) in [7, 11) is -2.44. The van der Waals surface area contributed by atoms with Gasteiger partial charge in [0.25, 0.3) is 10.0 Å². The van der Waals surface area contributed by atoms with Gasteiger partial charge in [-0.15, -0.1) is 6.42 Å². The van der Waals surface area contributed by atoms with E-state index < -0.39 is 16.0 Å². The number of rotatable bonds is 4. The fraction of sp³-hybridized carbons (Fsp3) is 0.200. The van der Waals surface area contributed by atoms with Crippen molar-refractivity contribution in [1.29, 1.82) is 0 Å². The van der Waals surface area contributed by atoms with Crippen molar-refractivity contribution in [2.45, 2.75) is 5.03 Å². The first-order valence-corrected chi connectivity index (χ1v) is 5.92. The molecule has 0 saturated heterocycles. The van der Waals surface area contributed by atoms with E-state index >= 15 is 0 Å². The summed E-state index contributed by atoms with van der Waals surface area (Å²) in [5, 5.41) is 8.41. The summed E-state index contributed by atoms with van der Waals surface area (Å²) in [6.07, 6.45) is 6.00. The zero-order chi connectivity index (χ0) is 13.1. The van der Waals surface area contributed by atoms with Crippen molar-refractivity contribution in [2.24, 2.45) is 0 Å². The zero-order valence-corrected chi connectivity index (χ0v) is 9.81. The fourth-order valence-corrected chi connectivity index (χ4v) is 2.02. The molecule has 0 aliphatic heterocycles. The second kappa shape index (κ2) is 4.95. The number of carbonyl (C=O) groups is 1. The molecule has 0 atom stereocenters. The summed E-state index contributed by atoms with van der Waals surface area (Å²) in [5.74, 6) is 1.03. The van der Waals surface area contributed by atoms with Gasteiger partial charge in [0.15, 0.2) is 5.03 Å². The van der Waals surface area contributed by atoms with Crippen molar-refractivity contribution < 1.29 is 18.3 Å². The molecule has 7 heteroatoms. The predicted octanol–water partition coefficient (Wildman–Crippen LogP) is 0.0335. The van der Waals surface area contributed by atoms with Crippen LogP contribution in [0.4, 0.5) is 0 Å². The highest BCUT2D eigenvalue weighted by Crippen LogP contribution is 2.11. The van der Waals surface area contributed by atoms with Gasteiger partial charge in [-0.1, -0.05) is 5.92 Å². The molecule has 0 aliphatic carbocycles. The van der Waals surface area contributed by atoms with Crippen LogP contribution in [0.15, 0.2) is 23.4 Å². The maximum Gasteiger partial charge on any atom is 0.337 e. The van der Waals surface area contributed by atoms with Crippen molar-refractivity contribution >= 4 is 16.0 Å². The first kappa shape index (κ1) is 13.2. The van der Waals surface area contributed by atoms with Crippen LogP contribution in [-0.4, -0.2) is 42.4 Å². The molecule has 0 spiro atoms. The van der Waals surface area contributed by atoms with E-state index in [-0.39, 0.29) is 17.1 Å². The van der Waals surface area contributed by atoms with Gasteiger partial charge in [-0.3, -0.25) is 0 Å². The molecule has 1 heterocycles. The summed E-state index contributed by atoms with van der Waals surface area (Å²) in [4.78, 5) is 14.2. The van der Waals surface area contributed by atoms with Crippen LogP contribution in [0.2, 0.25) is 0 Å². The molecule has 0 amide bonds. The molecule has 1 N–H and O–H groups in total. The van der Waals surface area contributed by atoms with E-state index in [1.807, 2.05) is 0 Å². The van der Waals surface area contributed by atoms with Crippen LogP contribution in [-0.2, 0) is 10.0 Å². The average molecular weight is 254 g/mol. The lowest BCUT2D eigenvalue weighted by atomic mass is 10.3. The zero-order valence-electron chi connectivity index (χ0n) is 8.99. The van der Waals surface area contributed by atoms with Gasteiger partial charge in [0, 0.05) is 13.2 Å². The monoisotopic (exact) mass is 254 g/mol. The third-order valence-electron chi connectivity index (χ3n) is 1.97. The number of pyridine rings is 1. The molecule has 1 aromatic rings. The van der Waals surface area contributed by atoms with E-state index in [4.69, 9.17) is 11.5 Å². The SMILES string of the molecule is C#CCN(C)S(=O)(=O)c1ccc(C(=O)O)cn1. The number of aromatic carboxylic acids is 1. The van der Waals surface area contributed by atoms with E-state index in [1.54, 1.807) is 0 Å². The van der Waals surface area contributed by atoms with Crippen molar-refractivity contribution in [3.8, 4) is 12.3 Å². The molecule has 1 aromatic heterocycles. The van der Waals surface area contributed by atoms with Gasteiger partial charge in [-0.2, -0.15) is 4.31 Å². The summed E-state index contributed by atoms with van der Waals surface area (Å²) < 4.78 is 24.6. The Bertz CT molecular complexity index is 557. The first-order chi connectivity index (χ1) is 7.89. The van der Waals surface area contributed by atoms with Gasteiger partial charge in [0.2, 0.25) is 0 Å². The molecule has 0 radical (unpaired) electrons. The lowest BCUT2D eigenvalue weighted by Crippen LogP contribution is -2.28. The number of terminal acetylenes is 1. The van der Waals surface area contributed by atoms with Gasteiger partial charge in [0.05, 0.1) is 12.1 Å². The third-order valence-corrected chi connectivity index (χ3v) is 3.69. The highest BCUT2D eigenvalue weighted by Gasteiger charge is 2.21. The van der Waals surface area contributed by atoms with Gasteiger partial charge < -0.3 is 5.11 Å². The normalized spacial score (nSPS) is 11.1. The summed E-state index contributed by atoms with van der Waals surface area (Å²) >= 11 is 0. The molecular weight excluding hydrogens is 244 g/mol. The molecule has 0 aliphatic rings. The molecule has 17 heavy (non-hydrogen) atoms. The van der Waals surface area contributed by atoms with E-state index in [0.29, 0.717) is 0 Å². The Hall–Kier alpha value is -1.91. The Kier molecular flexibility index (Phi) is 3.83. The molecule has 0 bridgehead atoms. The van der Waals surface area contributed by atoms with Crippen LogP contribution in [0.1, 0.15) is 10.4 Å². The van der Waals surface area contributed by atoms with E-state index in [0.717, 1.165) is 16.6 Å². The van der Waals surface area contributed by atoms with E-state index in [9.17, 15) is 13.2 Å². The van der Waals surface area contributed by atoms with Crippen molar-refractivity contribution in [3.63, 3.8) is 0 Å². The Morgan fingerprint density at radius 3 is 2.65 bits per heavy atom. The van der Waals surface area contributed by atoms with Crippen molar-refractivity contribution in [1.82, 2.24) is 9.29 Å². The average Bonchev–Trinajstić information content (AvgIpc) is 2.29. The number of hydrogen-bond donors (Lipinski definition) is 1. The van der Waals surface area contributed by atoms with Crippen LogP contribution in [0.5, 0.6) is 0 Å². The molecule has 90 valence electrons. The van der Waals surface area contributed by atoms with Crippen LogP contribution < -0.4 is 0 Å².